The van der Waals surface area contributed by atoms with Crippen LogP contribution in [0.15, 0.2) is 47.7 Å². The molecule has 2 amide bonds. The smallest absolute Gasteiger partial charge is 0.327 e. The molecule has 3 rings (SSSR count). The number of ether oxygens (including phenoxy) is 1. The molecule has 0 fully saturated rings. The molecular weight excluding hydrogens is 268 g/mol. The van der Waals surface area contributed by atoms with E-state index in [1.165, 1.54) is 11.2 Å². The lowest BCUT2D eigenvalue weighted by Crippen LogP contribution is -2.35. The summed E-state index contributed by atoms with van der Waals surface area (Å²) in [6.07, 6.45) is 6.67. The van der Waals surface area contributed by atoms with Gasteiger partial charge in [0.05, 0.1) is 24.7 Å². The monoisotopic (exact) mass is 282 g/mol. The lowest BCUT2D eigenvalue weighted by atomic mass is 10.2. The Kier molecular flexibility index (Phi) is 3.51. The van der Waals surface area contributed by atoms with Crippen LogP contribution in [-0.2, 0) is 0 Å². The lowest BCUT2D eigenvalue weighted by molar-refractivity contribution is 0.237. The summed E-state index contributed by atoms with van der Waals surface area (Å²) >= 11 is 0. The van der Waals surface area contributed by atoms with Crippen LogP contribution in [-0.4, -0.2) is 35.9 Å². The molecule has 0 bridgehead atoms. The van der Waals surface area contributed by atoms with E-state index in [0.29, 0.717) is 18.0 Å². The Morgan fingerprint density at radius 2 is 2.33 bits per heavy atom. The highest BCUT2D eigenvalue weighted by Gasteiger charge is 2.15. The van der Waals surface area contributed by atoms with Gasteiger partial charge in [-0.3, -0.25) is 9.88 Å². The van der Waals surface area contributed by atoms with E-state index in [9.17, 15) is 4.79 Å². The van der Waals surface area contributed by atoms with Crippen molar-refractivity contribution in [3.63, 3.8) is 0 Å². The van der Waals surface area contributed by atoms with Crippen molar-refractivity contribution in [3.8, 4) is 5.75 Å². The van der Waals surface area contributed by atoms with Gasteiger partial charge in [-0.05, 0) is 18.2 Å². The Balaban J connectivity index is 1.90. The average Bonchev–Trinajstić information content (AvgIpc) is 2.55. The van der Waals surface area contributed by atoms with Gasteiger partial charge in [0.25, 0.3) is 0 Å². The molecule has 6 heteroatoms. The third-order valence-corrected chi connectivity index (χ3v) is 3.13. The third-order valence-electron chi connectivity index (χ3n) is 3.13. The minimum absolute atomic E-state index is 0.260. The van der Waals surface area contributed by atoms with Crippen molar-refractivity contribution < 1.29 is 9.53 Å². The molecule has 0 saturated carbocycles. The predicted octanol–water partition coefficient (Wildman–Crippen LogP) is 2.63. The number of urea groups is 1. The Labute approximate surface area is 121 Å². The maximum Gasteiger partial charge on any atom is 0.327 e. The Bertz CT molecular complexity index is 740. The first-order valence-electron chi connectivity index (χ1n) is 6.46. The summed E-state index contributed by atoms with van der Waals surface area (Å²) in [7, 11) is 1.56. The Morgan fingerprint density at radius 3 is 3.10 bits per heavy atom. The van der Waals surface area contributed by atoms with E-state index in [-0.39, 0.29) is 6.03 Å². The molecule has 0 radical (unpaired) electrons. The number of fused-ring (bicyclic) bond motifs is 1. The summed E-state index contributed by atoms with van der Waals surface area (Å²) in [6.45, 7) is 0.493. The highest BCUT2D eigenvalue weighted by Crippen LogP contribution is 2.29. The van der Waals surface area contributed by atoms with E-state index in [4.69, 9.17) is 4.74 Å². The van der Waals surface area contributed by atoms with Crippen LogP contribution in [0.2, 0.25) is 0 Å². The summed E-state index contributed by atoms with van der Waals surface area (Å²) in [5, 5.41) is 3.76. The van der Waals surface area contributed by atoms with Gasteiger partial charge in [-0.2, -0.15) is 0 Å². The van der Waals surface area contributed by atoms with Crippen LogP contribution in [0.3, 0.4) is 0 Å². The van der Waals surface area contributed by atoms with Gasteiger partial charge in [0.2, 0.25) is 0 Å². The highest BCUT2D eigenvalue weighted by molar-refractivity contribution is 5.99. The van der Waals surface area contributed by atoms with Crippen LogP contribution in [0.5, 0.6) is 5.75 Å². The van der Waals surface area contributed by atoms with Crippen LogP contribution in [0.4, 0.5) is 10.5 Å². The van der Waals surface area contributed by atoms with Crippen molar-refractivity contribution in [3.05, 3.63) is 42.7 Å². The summed E-state index contributed by atoms with van der Waals surface area (Å²) in [6, 6.07) is 7.17. The largest absolute Gasteiger partial charge is 0.494 e. The molecule has 0 unspecified atom stereocenters. The van der Waals surface area contributed by atoms with Crippen LogP contribution in [0.1, 0.15) is 0 Å². The summed E-state index contributed by atoms with van der Waals surface area (Å²) in [5.41, 5.74) is 1.42. The van der Waals surface area contributed by atoms with Gasteiger partial charge < -0.3 is 10.1 Å². The average molecular weight is 282 g/mol. The number of aromatic nitrogens is 1. The number of nitrogens with one attached hydrogen (secondary N) is 1. The first-order valence-corrected chi connectivity index (χ1v) is 6.46. The van der Waals surface area contributed by atoms with Gasteiger partial charge in [-0.25, -0.2) is 9.79 Å². The van der Waals surface area contributed by atoms with Crippen molar-refractivity contribution >= 4 is 29.0 Å². The third kappa shape index (κ3) is 2.69. The quantitative estimate of drug-likeness (QED) is 0.920. The van der Waals surface area contributed by atoms with Crippen molar-refractivity contribution in [2.24, 2.45) is 4.99 Å². The molecule has 1 aliphatic heterocycles. The second-order valence-electron chi connectivity index (χ2n) is 4.48. The molecule has 106 valence electrons. The minimum Gasteiger partial charge on any atom is -0.494 e. The number of hydrogen-bond acceptors (Lipinski definition) is 4. The number of benzene rings is 1. The molecule has 21 heavy (non-hydrogen) atoms. The van der Waals surface area contributed by atoms with Gasteiger partial charge in [0.1, 0.15) is 5.75 Å². The van der Waals surface area contributed by atoms with E-state index < -0.39 is 0 Å². The zero-order valence-electron chi connectivity index (χ0n) is 11.5. The molecule has 0 spiro atoms. The topological polar surface area (TPSA) is 66.8 Å². The standard InChI is InChI=1S/C15H14N4O2/c1-21-14-9-12-11(4-2-6-17-12)8-13(14)18-15(20)19-7-3-5-16-10-19/h2-6,8-10H,7H2,1H3,(H,18,20). The number of rotatable bonds is 2. The van der Waals surface area contributed by atoms with Crippen molar-refractivity contribution in [1.82, 2.24) is 9.88 Å². The van der Waals surface area contributed by atoms with Gasteiger partial charge >= 0.3 is 6.03 Å². The molecule has 2 heterocycles. The van der Waals surface area contributed by atoms with Crippen LogP contribution >= 0.6 is 0 Å². The Morgan fingerprint density at radius 1 is 1.43 bits per heavy atom. The number of methoxy groups -OCH3 is 1. The molecule has 1 aromatic heterocycles. The number of hydrogen-bond donors (Lipinski definition) is 1. The predicted molar refractivity (Wildman–Crippen MR) is 81.7 cm³/mol. The number of anilines is 1. The molecule has 6 nitrogen and oxygen atoms in total. The number of amides is 2. The van der Waals surface area contributed by atoms with Gasteiger partial charge in [0, 0.05) is 30.4 Å². The van der Waals surface area contributed by atoms with E-state index in [1.807, 2.05) is 18.2 Å². The molecule has 1 aromatic carbocycles. The van der Waals surface area contributed by atoms with Crippen LogP contribution in [0.25, 0.3) is 10.9 Å². The van der Waals surface area contributed by atoms with Gasteiger partial charge in [-0.1, -0.05) is 6.07 Å². The fourth-order valence-electron chi connectivity index (χ4n) is 2.08. The van der Waals surface area contributed by atoms with E-state index in [1.54, 1.807) is 31.6 Å². The fourth-order valence-corrected chi connectivity index (χ4v) is 2.08. The number of carbonyl (C=O) groups is 1. The molecule has 0 atom stereocenters. The first kappa shape index (κ1) is 13.1. The number of nitrogens with zero attached hydrogens (tertiary/aromatic N) is 3. The first-order chi connectivity index (χ1) is 10.3. The zero-order chi connectivity index (χ0) is 14.7. The summed E-state index contributed by atoms with van der Waals surface area (Å²) in [5.74, 6) is 0.569. The van der Waals surface area contributed by atoms with Gasteiger partial charge in [-0.15, -0.1) is 0 Å². The highest BCUT2D eigenvalue weighted by atomic mass is 16.5. The second-order valence-corrected chi connectivity index (χ2v) is 4.48. The Hall–Kier alpha value is -2.89. The molecule has 2 aromatic rings. The van der Waals surface area contributed by atoms with Crippen molar-refractivity contribution in [1.29, 1.82) is 0 Å². The lowest BCUT2D eigenvalue weighted by Gasteiger charge is -2.19. The maximum atomic E-state index is 12.2. The van der Waals surface area contributed by atoms with Gasteiger partial charge in [0.15, 0.2) is 0 Å². The van der Waals surface area contributed by atoms with E-state index in [0.717, 1.165) is 10.9 Å². The molecule has 0 aliphatic carbocycles. The molecule has 1 N–H and O–H groups in total. The van der Waals surface area contributed by atoms with Crippen molar-refractivity contribution in [2.45, 2.75) is 0 Å². The molecule has 0 saturated heterocycles. The number of pyridine rings is 1. The minimum atomic E-state index is -0.260. The summed E-state index contributed by atoms with van der Waals surface area (Å²) in [4.78, 5) is 21.9. The van der Waals surface area contributed by atoms with Crippen LogP contribution in [0, 0.1) is 0 Å². The zero-order valence-corrected chi connectivity index (χ0v) is 11.5. The van der Waals surface area contributed by atoms with Crippen LogP contribution < -0.4 is 10.1 Å². The van der Waals surface area contributed by atoms with Crippen molar-refractivity contribution in [2.75, 3.05) is 19.0 Å². The van der Waals surface area contributed by atoms with E-state index >= 15 is 0 Å². The molecular formula is C15H14N4O2. The second kappa shape index (κ2) is 5.62. The summed E-state index contributed by atoms with van der Waals surface area (Å²) < 4.78 is 5.32. The molecule has 1 aliphatic rings. The normalized spacial score (nSPS) is 13.5. The number of aliphatic imine (C=N–C) groups is 1. The maximum absolute atomic E-state index is 12.2. The SMILES string of the molecule is COc1cc2ncccc2cc1NC(=O)N1C=NC=CC1. The number of carbonyl (C=O) groups excluding carboxylic acids is 1. The van der Waals surface area contributed by atoms with E-state index in [2.05, 4.69) is 15.3 Å². The fraction of sp³-hybridized carbons (Fsp3) is 0.133.